The highest BCUT2D eigenvalue weighted by molar-refractivity contribution is 7.93. The lowest BCUT2D eigenvalue weighted by molar-refractivity contribution is 0.0403. The Kier molecular flexibility index (Phi) is 4.61. The van der Waals surface area contributed by atoms with E-state index in [2.05, 4.69) is 9.97 Å². The summed E-state index contributed by atoms with van der Waals surface area (Å²) in [4.78, 5) is 22.6. The number of ether oxygens (including phenoxy) is 1. The Balaban J connectivity index is 1.48. The first-order chi connectivity index (χ1) is 13.3. The molecule has 3 heterocycles. The molecule has 2 aromatic rings. The van der Waals surface area contributed by atoms with E-state index >= 15 is 0 Å². The smallest absolute Gasteiger partial charge is 0.316 e. The van der Waals surface area contributed by atoms with E-state index in [9.17, 15) is 13.2 Å². The number of hydrogen-bond acceptors (Lipinski definition) is 6. The lowest BCUT2D eigenvalue weighted by Gasteiger charge is -2.49. The van der Waals surface area contributed by atoms with E-state index in [1.165, 1.54) is 0 Å². The summed E-state index contributed by atoms with van der Waals surface area (Å²) >= 11 is 0. The van der Waals surface area contributed by atoms with Crippen LogP contribution < -0.4 is 4.74 Å². The van der Waals surface area contributed by atoms with Crippen LogP contribution in [-0.4, -0.2) is 59.4 Å². The van der Waals surface area contributed by atoms with Gasteiger partial charge in [0.1, 0.15) is 4.75 Å². The highest BCUT2D eigenvalue weighted by Crippen LogP contribution is 2.45. The largest absolute Gasteiger partial charge is 0.463 e. The number of benzene rings is 1. The van der Waals surface area contributed by atoms with Gasteiger partial charge < -0.3 is 9.64 Å². The fourth-order valence-electron chi connectivity index (χ4n) is 4.08. The van der Waals surface area contributed by atoms with Crippen molar-refractivity contribution in [1.29, 1.82) is 0 Å². The Bertz CT molecular complexity index is 1020. The predicted molar refractivity (Wildman–Crippen MR) is 104 cm³/mol. The summed E-state index contributed by atoms with van der Waals surface area (Å²) in [6.45, 7) is 4.43. The zero-order valence-corrected chi connectivity index (χ0v) is 16.8. The van der Waals surface area contributed by atoms with Crippen molar-refractivity contribution in [3.05, 3.63) is 53.3 Å². The van der Waals surface area contributed by atoms with Gasteiger partial charge in [-0.2, -0.15) is 0 Å². The number of aromatic nitrogens is 2. The molecule has 2 aliphatic rings. The standard InChI is InChI=1S/C20H23N3O4S/c1-14-4-3-5-16(10-14)18(24)23-12-20(13-23)17(7-9-28(20,25)26)11-27-19-21-8-6-15(2)22-19/h3-6,8,10,17H,7,9,11-13H2,1-2H3. The monoisotopic (exact) mass is 401 g/mol. The Morgan fingerprint density at radius 2 is 2.07 bits per heavy atom. The summed E-state index contributed by atoms with van der Waals surface area (Å²) in [6.07, 6.45) is 2.14. The van der Waals surface area contributed by atoms with Crippen molar-refractivity contribution < 1.29 is 17.9 Å². The van der Waals surface area contributed by atoms with Gasteiger partial charge in [-0.3, -0.25) is 4.79 Å². The van der Waals surface area contributed by atoms with E-state index in [1.54, 1.807) is 23.2 Å². The maximum absolute atomic E-state index is 12.8. The van der Waals surface area contributed by atoms with E-state index < -0.39 is 14.6 Å². The SMILES string of the molecule is Cc1cccc(C(=O)N2CC3(C2)C(COc2nccc(C)n2)CCS3(=O)=O)c1. The molecule has 0 bridgehead atoms. The topological polar surface area (TPSA) is 89.5 Å². The lowest BCUT2D eigenvalue weighted by atomic mass is 9.83. The van der Waals surface area contributed by atoms with Gasteiger partial charge in [0, 0.05) is 36.5 Å². The highest BCUT2D eigenvalue weighted by Gasteiger charge is 2.62. The molecule has 1 amide bonds. The number of rotatable bonds is 4. The maximum Gasteiger partial charge on any atom is 0.316 e. The van der Waals surface area contributed by atoms with Crippen LogP contribution >= 0.6 is 0 Å². The van der Waals surface area contributed by atoms with Crippen LogP contribution in [-0.2, 0) is 9.84 Å². The summed E-state index contributed by atoms with van der Waals surface area (Å²) < 4.78 is 30.3. The Labute approximate surface area is 164 Å². The zero-order chi connectivity index (χ0) is 19.9. The molecule has 2 aliphatic heterocycles. The number of carbonyl (C=O) groups excluding carboxylic acids is 1. The van der Waals surface area contributed by atoms with Crippen molar-refractivity contribution in [2.45, 2.75) is 25.0 Å². The van der Waals surface area contributed by atoms with Gasteiger partial charge in [0.15, 0.2) is 9.84 Å². The third-order valence-corrected chi connectivity index (χ3v) is 8.36. The van der Waals surface area contributed by atoms with Gasteiger partial charge in [0.2, 0.25) is 0 Å². The minimum Gasteiger partial charge on any atom is -0.463 e. The van der Waals surface area contributed by atoms with E-state index in [0.29, 0.717) is 12.0 Å². The Hall–Kier alpha value is -2.48. The second-order valence-electron chi connectivity index (χ2n) is 7.69. The average Bonchev–Trinajstić information content (AvgIpc) is 2.88. The number of nitrogens with zero attached hydrogens (tertiary/aromatic N) is 3. The molecule has 0 saturated carbocycles. The molecule has 0 N–H and O–H groups in total. The van der Waals surface area contributed by atoms with Crippen molar-refractivity contribution in [2.24, 2.45) is 5.92 Å². The molecule has 8 heteroatoms. The molecule has 1 aromatic heterocycles. The molecule has 2 saturated heterocycles. The molecule has 1 atom stereocenters. The van der Waals surface area contributed by atoms with Crippen molar-refractivity contribution in [3.63, 3.8) is 0 Å². The quantitative estimate of drug-likeness (QED) is 0.776. The molecule has 0 aliphatic carbocycles. The van der Waals surface area contributed by atoms with Crippen LogP contribution in [0.5, 0.6) is 6.01 Å². The molecular weight excluding hydrogens is 378 g/mol. The molecule has 0 radical (unpaired) electrons. The van der Waals surface area contributed by atoms with Crippen LogP contribution in [0.1, 0.15) is 28.0 Å². The fraction of sp³-hybridized carbons (Fsp3) is 0.450. The van der Waals surface area contributed by atoms with Gasteiger partial charge in [-0.1, -0.05) is 17.7 Å². The van der Waals surface area contributed by atoms with Crippen LogP contribution in [0.15, 0.2) is 36.5 Å². The minimum absolute atomic E-state index is 0.127. The van der Waals surface area contributed by atoms with E-state index in [1.807, 2.05) is 32.0 Å². The number of sulfone groups is 1. The van der Waals surface area contributed by atoms with Gasteiger partial charge in [0.25, 0.3) is 5.91 Å². The minimum atomic E-state index is -3.28. The van der Waals surface area contributed by atoms with Gasteiger partial charge >= 0.3 is 6.01 Å². The first kappa shape index (κ1) is 18.9. The third kappa shape index (κ3) is 3.15. The Morgan fingerprint density at radius 1 is 1.29 bits per heavy atom. The van der Waals surface area contributed by atoms with Gasteiger partial charge in [-0.25, -0.2) is 18.4 Å². The van der Waals surface area contributed by atoms with Crippen LogP contribution in [0, 0.1) is 19.8 Å². The van der Waals surface area contributed by atoms with Gasteiger partial charge in [-0.05, 0) is 38.5 Å². The van der Waals surface area contributed by atoms with Crippen molar-refractivity contribution in [1.82, 2.24) is 14.9 Å². The van der Waals surface area contributed by atoms with Crippen molar-refractivity contribution >= 4 is 15.7 Å². The highest BCUT2D eigenvalue weighted by atomic mass is 32.2. The normalized spacial score (nSPS) is 22.1. The molecule has 7 nitrogen and oxygen atoms in total. The predicted octanol–water partition coefficient (Wildman–Crippen LogP) is 1.80. The molecule has 1 aromatic carbocycles. The molecule has 28 heavy (non-hydrogen) atoms. The fourth-order valence-corrected chi connectivity index (χ4v) is 6.48. The second kappa shape index (κ2) is 6.84. The molecule has 2 fully saturated rings. The summed E-state index contributed by atoms with van der Waals surface area (Å²) in [5, 5.41) is 0. The van der Waals surface area contributed by atoms with E-state index in [4.69, 9.17) is 4.74 Å². The van der Waals surface area contributed by atoms with Crippen LogP contribution in [0.4, 0.5) is 0 Å². The summed E-state index contributed by atoms with van der Waals surface area (Å²) in [5.41, 5.74) is 2.38. The first-order valence-electron chi connectivity index (χ1n) is 9.31. The van der Waals surface area contributed by atoms with Crippen molar-refractivity contribution in [3.8, 4) is 6.01 Å². The van der Waals surface area contributed by atoms with Gasteiger partial charge in [-0.15, -0.1) is 0 Å². The molecule has 1 unspecified atom stereocenters. The number of aryl methyl sites for hydroxylation is 2. The molecule has 148 valence electrons. The summed E-state index contributed by atoms with van der Waals surface area (Å²) in [6, 6.07) is 9.38. The maximum atomic E-state index is 12.8. The second-order valence-corrected chi connectivity index (χ2v) is 10.1. The Morgan fingerprint density at radius 3 is 2.79 bits per heavy atom. The zero-order valence-electron chi connectivity index (χ0n) is 16.0. The average molecular weight is 401 g/mol. The van der Waals surface area contributed by atoms with Crippen LogP contribution in [0.25, 0.3) is 0 Å². The summed E-state index contributed by atoms with van der Waals surface area (Å²) in [5.74, 6) is -0.177. The molecular formula is C20H23N3O4S. The van der Waals surface area contributed by atoms with E-state index in [0.717, 1.165) is 11.3 Å². The van der Waals surface area contributed by atoms with Gasteiger partial charge in [0.05, 0.1) is 12.4 Å². The lowest BCUT2D eigenvalue weighted by Crippen LogP contribution is -2.68. The van der Waals surface area contributed by atoms with Crippen molar-refractivity contribution in [2.75, 3.05) is 25.4 Å². The number of hydrogen-bond donors (Lipinski definition) is 0. The summed E-state index contributed by atoms with van der Waals surface area (Å²) in [7, 11) is -3.28. The number of likely N-dealkylation sites (tertiary alicyclic amines) is 1. The third-order valence-electron chi connectivity index (χ3n) is 5.75. The molecule has 1 spiro atoms. The number of carbonyl (C=O) groups is 1. The van der Waals surface area contributed by atoms with Crippen LogP contribution in [0.3, 0.4) is 0 Å². The van der Waals surface area contributed by atoms with E-state index in [-0.39, 0.29) is 43.3 Å². The molecule has 4 rings (SSSR count). The first-order valence-corrected chi connectivity index (χ1v) is 11.0. The number of amides is 1. The van der Waals surface area contributed by atoms with Crippen LogP contribution in [0.2, 0.25) is 0 Å².